The molecule has 1 aromatic carbocycles. The minimum Gasteiger partial charge on any atom is -0.504 e. The molecule has 0 spiro atoms. The molecule has 94 valence electrons. The second kappa shape index (κ2) is 5.17. The number of aromatic nitrogens is 2. The fourth-order valence-corrected chi connectivity index (χ4v) is 1.36. The molecule has 0 unspecified atom stereocenters. The molecule has 0 saturated carbocycles. The van der Waals surface area contributed by atoms with Gasteiger partial charge < -0.3 is 20.1 Å². The zero-order valence-corrected chi connectivity index (χ0v) is 9.33. The second-order valence-electron chi connectivity index (χ2n) is 3.56. The summed E-state index contributed by atoms with van der Waals surface area (Å²) < 4.78 is 4.55. The third kappa shape index (κ3) is 2.76. The van der Waals surface area contributed by atoms with Gasteiger partial charge >= 0.3 is 0 Å². The number of benzene rings is 1. The Balaban J connectivity index is 1.89. The number of hydrogen-bond acceptors (Lipinski definition) is 6. The standard InChI is InChI=1S/C11H11N3O4/c15-8-2-1-7(5-9(8)16)11(17)12-4-3-10-13-6-18-14-10/h1-2,5-6,15-16H,3-4H2,(H,12,17). The van der Waals surface area contributed by atoms with E-state index in [0.717, 1.165) is 0 Å². The average Bonchev–Trinajstić information content (AvgIpc) is 2.85. The van der Waals surface area contributed by atoms with E-state index in [9.17, 15) is 9.90 Å². The van der Waals surface area contributed by atoms with Gasteiger partial charge in [0.1, 0.15) is 0 Å². The first kappa shape index (κ1) is 11.9. The Morgan fingerprint density at radius 1 is 1.33 bits per heavy atom. The highest BCUT2D eigenvalue weighted by Gasteiger charge is 2.08. The first-order valence-electron chi connectivity index (χ1n) is 5.22. The number of nitrogens with zero attached hydrogens (tertiary/aromatic N) is 2. The van der Waals surface area contributed by atoms with E-state index in [1.165, 1.54) is 24.6 Å². The van der Waals surface area contributed by atoms with Crippen LogP contribution in [-0.2, 0) is 6.42 Å². The Hall–Kier alpha value is -2.57. The minimum atomic E-state index is -0.353. The van der Waals surface area contributed by atoms with Gasteiger partial charge in [-0.1, -0.05) is 5.16 Å². The molecule has 18 heavy (non-hydrogen) atoms. The lowest BCUT2D eigenvalue weighted by molar-refractivity contribution is 0.0953. The topological polar surface area (TPSA) is 108 Å². The number of carbonyl (C=O) groups excluding carboxylic acids is 1. The predicted octanol–water partition coefficient (Wildman–Crippen LogP) is 0.453. The SMILES string of the molecule is O=C(NCCc1ncon1)c1ccc(O)c(O)c1. The first-order chi connectivity index (χ1) is 8.66. The Kier molecular flexibility index (Phi) is 3.42. The van der Waals surface area contributed by atoms with E-state index in [2.05, 4.69) is 20.0 Å². The molecule has 7 heteroatoms. The lowest BCUT2D eigenvalue weighted by Crippen LogP contribution is -2.25. The number of hydrogen-bond donors (Lipinski definition) is 3. The molecule has 0 aliphatic rings. The molecular formula is C11H11N3O4. The molecule has 2 aromatic rings. The van der Waals surface area contributed by atoms with Crippen LogP contribution < -0.4 is 5.32 Å². The quantitative estimate of drug-likeness (QED) is 0.679. The summed E-state index contributed by atoms with van der Waals surface area (Å²) in [6.45, 7) is 0.347. The van der Waals surface area contributed by atoms with Crippen LogP contribution in [0.15, 0.2) is 29.1 Å². The van der Waals surface area contributed by atoms with Crippen molar-refractivity contribution in [3.05, 3.63) is 36.0 Å². The van der Waals surface area contributed by atoms with Gasteiger partial charge in [-0.3, -0.25) is 4.79 Å². The van der Waals surface area contributed by atoms with E-state index < -0.39 is 0 Å². The van der Waals surface area contributed by atoms with Gasteiger partial charge in [-0.15, -0.1) is 0 Å². The van der Waals surface area contributed by atoms with Crippen LogP contribution >= 0.6 is 0 Å². The number of aromatic hydroxyl groups is 2. The summed E-state index contributed by atoms with van der Waals surface area (Å²) in [5.41, 5.74) is 0.262. The molecule has 2 rings (SSSR count). The number of phenols is 2. The van der Waals surface area contributed by atoms with Crippen molar-refractivity contribution >= 4 is 5.91 Å². The molecule has 0 aliphatic heterocycles. The Labute approximate surface area is 102 Å². The van der Waals surface area contributed by atoms with Gasteiger partial charge in [-0.2, -0.15) is 4.98 Å². The Bertz CT molecular complexity index is 539. The summed E-state index contributed by atoms with van der Waals surface area (Å²) in [4.78, 5) is 15.5. The molecular weight excluding hydrogens is 238 g/mol. The number of phenolic OH excluding ortho intramolecular Hbond substituents is 2. The van der Waals surface area contributed by atoms with Crippen LogP contribution in [0.5, 0.6) is 11.5 Å². The van der Waals surface area contributed by atoms with Gasteiger partial charge in [0, 0.05) is 18.5 Å². The highest BCUT2D eigenvalue weighted by molar-refractivity contribution is 5.94. The van der Waals surface area contributed by atoms with Crippen LogP contribution in [0.4, 0.5) is 0 Å². The fourth-order valence-electron chi connectivity index (χ4n) is 1.36. The van der Waals surface area contributed by atoms with Crippen molar-refractivity contribution in [1.29, 1.82) is 0 Å². The summed E-state index contributed by atoms with van der Waals surface area (Å²) >= 11 is 0. The van der Waals surface area contributed by atoms with E-state index in [1.807, 2.05) is 0 Å². The number of carbonyl (C=O) groups is 1. The van der Waals surface area contributed by atoms with Crippen LogP contribution in [-0.4, -0.2) is 32.8 Å². The van der Waals surface area contributed by atoms with Crippen LogP contribution in [0.2, 0.25) is 0 Å². The molecule has 1 heterocycles. The normalized spacial score (nSPS) is 10.2. The molecule has 0 aliphatic carbocycles. The summed E-state index contributed by atoms with van der Waals surface area (Å²) in [5, 5.41) is 24.6. The van der Waals surface area contributed by atoms with Gasteiger partial charge in [0.15, 0.2) is 17.3 Å². The summed E-state index contributed by atoms with van der Waals surface area (Å²) in [7, 11) is 0. The molecule has 0 atom stereocenters. The summed E-state index contributed by atoms with van der Waals surface area (Å²) in [6, 6.07) is 3.86. The molecule has 0 radical (unpaired) electrons. The predicted molar refractivity (Wildman–Crippen MR) is 60.1 cm³/mol. The maximum atomic E-state index is 11.7. The van der Waals surface area contributed by atoms with Gasteiger partial charge in [0.25, 0.3) is 5.91 Å². The van der Waals surface area contributed by atoms with Crippen LogP contribution in [0.25, 0.3) is 0 Å². The summed E-state index contributed by atoms with van der Waals surface area (Å²) in [6.07, 6.45) is 1.67. The highest BCUT2D eigenvalue weighted by atomic mass is 16.5. The summed E-state index contributed by atoms with van der Waals surface area (Å²) in [5.74, 6) is -0.447. The van der Waals surface area contributed by atoms with E-state index in [4.69, 9.17) is 5.11 Å². The van der Waals surface area contributed by atoms with Gasteiger partial charge in [0.05, 0.1) is 0 Å². The smallest absolute Gasteiger partial charge is 0.251 e. The van der Waals surface area contributed by atoms with E-state index >= 15 is 0 Å². The van der Waals surface area contributed by atoms with Crippen molar-refractivity contribution in [3.8, 4) is 11.5 Å². The van der Waals surface area contributed by atoms with Crippen LogP contribution in [0.3, 0.4) is 0 Å². The lowest BCUT2D eigenvalue weighted by Gasteiger charge is -2.04. The fraction of sp³-hybridized carbons (Fsp3) is 0.182. The van der Waals surface area contributed by atoms with E-state index in [-0.39, 0.29) is 23.0 Å². The number of nitrogens with one attached hydrogen (secondary N) is 1. The van der Waals surface area contributed by atoms with Crippen molar-refractivity contribution in [2.45, 2.75) is 6.42 Å². The number of rotatable bonds is 4. The lowest BCUT2D eigenvalue weighted by atomic mass is 10.2. The maximum Gasteiger partial charge on any atom is 0.251 e. The van der Waals surface area contributed by atoms with Gasteiger partial charge in [0.2, 0.25) is 6.39 Å². The average molecular weight is 249 g/mol. The molecule has 0 bridgehead atoms. The van der Waals surface area contributed by atoms with E-state index in [1.54, 1.807) is 0 Å². The maximum absolute atomic E-state index is 11.7. The molecule has 1 amide bonds. The number of amides is 1. The monoisotopic (exact) mass is 249 g/mol. The largest absolute Gasteiger partial charge is 0.504 e. The van der Waals surface area contributed by atoms with Crippen LogP contribution in [0, 0.1) is 0 Å². The van der Waals surface area contributed by atoms with Crippen molar-refractivity contribution in [2.24, 2.45) is 0 Å². The van der Waals surface area contributed by atoms with Crippen molar-refractivity contribution in [1.82, 2.24) is 15.5 Å². The zero-order chi connectivity index (χ0) is 13.0. The molecule has 1 aromatic heterocycles. The third-order valence-electron chi connectivity index (χ3n) is 2.28. The highest BCUT2D eigenvalue weighted by Crippen LogP contribution is 2.24. The molecule has 0 fully saturated rings. The Morgan fingerprint density at radius 2 is 2.17 bits per heavy atom. The molecule has 3 N–H and O–H groups in total. The second-order valence-corrected chi connectivity index (χ2v) is 3.56. The van der Waals surface area contributed by atoms with Gasteiger partial charge in [-0.25, -0.2) is 0 Å². The van der Waals surface area contributed by atoms with Crippen LogP contribution in [0.1, 0.15) is 16.2 Å². The molecule has 7 nitrogen and oxygen atoms in total. The van der Waals surface area contributed by atoms with Gasteiger partial charge in [-0.05, 0) is 18.2 Å². The first-order valence-corrected chi connectivity index (χ1v) is 5.22. The zero-order valence-electron chi connectivity index (χ0n) is 9.33. The van der Waals surface area contributed by atoms with E-state index in [0.29, 0.717) is 18.8 Å². The minimum absolute atomic E-state index is 0.262. The van der Waals surface area contributed by atoms with Crippen molar-refractivity contribution < 1.29 is 19.5 Å². The van der Waals surface area contributed by atoms with Crippen molar-refractivity contribution in [3.63, 3.8) is 0 Å². The molecule has 0 saturated heterocycles. The Morgan fingerprint density at radius 3 is 2.83 bits per heavy atom. The van der Waals surface area contributed by atoms with Crippen molar-refractivity contribution in [2.75, 3.05) is 6.54 Å². The third-order valence-corrected chi connectivity index (χ3v) is 2.28.